The molecule has 0 bridgehead atoms. The number of anilines is 1. The summed E-state index contributed by atoms with van der Waals surface area (Å²) in [4.78, 5) is 25.8. The van der Waals surface area contributed by atoms with Gasteiger partial charge in [0.25, 0.3) is 0 Å². The molecule has 0 saturated carbocycles. The normalized spacial score (nSPS) is 19.3. The SMILES string of the molecule is CC(=O)N(C)[C@@H]1CCN(c2nc3ccc(-c4c(C)noc4C)c4c3n2[C@@H](c2ccccn2)CO4)C1. The topological polar surface area (TPSA) is 89.5 Å². The number of aryl methyl sites for hydroxylation is 2. The molecule has 2 aliphatic heterocycles. The van der Waals surface area contributed by atoms with Crippen molar-refractivity contribution in [3.63, 3.8) is 0 Å². The lowest BCUT2D eigenvalue weighted by Crippen LogP contribution is -2.38. The van der Waals surface area contributed by atoms with Gasteiger partial charge in [0.1, 0.15) is 23.9 Å². The van der Waals surface area contributed by atoms with Crippen LogP contribution in [0.15, 0.2) is 41.1 Å². The fraction of sp³-hybridized carbons (Fsp3) is 0.385. The van der Waals surface area contributed by atoms with Gasteiger partial charge in [0.2, 0.25) is 11.9 Å². The van der Waals surface area contributed by atoms with Gasteiger partial charge in [-0.25, -0.2) is 4.98 Å². The van der Waals surface area contributed by atoms with Crippen LogP contribution in [0, 0.1) is 13.8 Å². The highest BCUT2D eigenvalue weighted by Crippen LogP contribution is 2.46. The first-order valence-corrected chi connectivity index (χ1v) is 11.9. The number of carbonyl (C=O) groups excluding carboxylic acids is 1. The van der Waals surface area contributed by atoms with Gasteiger partial charge in [0.15, 0.2) is 5.75 Å². The summed E-state index contributed by atoms with van der Waals surface area (Å²) < 4.78 is 14.2. The van der Waals surface area contributed by atoms with E-state index in [0.717, 1.165) is 70.5 Å². The third-order valence-electron chi connectivity index (χ3n) is 7.31. The van der Waals surface area contributed by atoms with Crippen molar-refractivity contribution in [2.75, 3.05) is 31.6 Å². The minimum absolute atomic E-state index is 0.0811. The Morgan fingerprint density at radius 3 is 2.77 bits per heavy atom. The van der Waals surface area contributed by atoms with Crippen molar-refractivity contribution < 1.29 is 14.1 Å². The van der Waals surface area contributed by atoms with E-state index in [2.05, 4.69) is 19.6 Å². The van der Waals surface area contributed by atoms with Gasteiger partial charge in [-0.3, -0.25) is 14.3 Å². The first kappa shape index (κ1) is 21.6. The van der Waals surface area contributed by atoms with E-state index in [-0.39, 0.29) is 18.0 Å². The Morgan fingerprint density at radius 2 is 2.06 bits per heavy atom. The van der Waals surface area contributed by atoms with E-state index in [1.54, 1.807) is 6.92 Å². The Hall–Kier alpha value is -3.88. The predicted octanol–water partition coefficient (Wildman–Crippen LogP) is 3.74. The summed E-state index contributed by atoms with van der Waals surface area (Å²) in [5.74, 6) is 2.52. The molecule has 180 valence electrons. The van der Waals surface area contributed by atoms with Gasteiger partial charge in [-0.05, 0) is 44.5 Å². The first-order chi connectivity index (χ1) is 16.9. The standard InChI is InChI=1S/C26H28N6O3/c1-15-23(16(2)35-29-15)19-8-9-21-24-25(19)34-14-22(20-7-5-6-11-27-20)32(24)26(28-21)31-12-10-18(13-31)30(4)17(3)33/h5-9,11,18,22H,10,12-14H2,1-4H3/t18-,22-/m1/s1. The lowest BCUT2D eigenvalue weighted by Gasteiger charge is -2.30. The number of carbonyl (C=O) groups is 1. The molecule has 1 saturated heterocycles. The zero-order chi connectivity index (χ0) is 24.3. The molecule has 4 aromatic rings. The lowest BCUT2D eigenvalue weighted by atomic mass is 10.0. The van der Waals surface area contributed by atoms with Crippen LogP contribution in [0.4, 0.5) is 5.95 Å². The maximum absolute atomic E-state index is 12.0. The lowest BCUT2D eigenvalue weighted by molar-refractivity contribution is -0.129. The highest BCUT2D eigenvalue weighted by Gasteiger charge is 2.36. The number of imidazole rings is 1. The summed E-state index contributed by atoms with van der Waals surface area (Å²) >= 11 is 0. The van der Waals surface area contributed by atoms with E-state index in [9.17, 15) is 4.79 Å². The molecule has 0 radical (unpaired) electrons. The number of aromatic nitrogens is 4. The molecule has 35 heavy (non-hydrogen) atoms. The fourth-order valence-corrected chi connectivity index (χ4v) is 5.40. The first-order valence-electron chi connectivity index (χ1n) is 11.9. The third kappa shape index (κ3) is 3.37. The summed E-state index contributed by atoms with van der Waals surface area (Å²) in [6, 6.07) is 10.1. The summed E-state index contributed by atoms with van der Waals surface area (Å²) in [5, 5.41) is 4.15. The second-order valence-corrected chi connectivity index (χ2v) is 9.39. The molecule has 9 nitrogen and oxygen atoms in total. The van der Waals surface area contributed by atoms with Crippen molar-refractivity contribution in [1.82, 2.24) is 24.6 Å². The van der Waals surface area contributed by atoms with Crippen LogP contribution in [0.3, 0.4) is 0 Å². The Morgan fingerprint density at radius 1 is 1.20 bits per heavy atom. The number of hydrogen-bond acceptors (Lipinski definition) is 7. The molecule has 0 spiro atoms. The second kappa shape index (κ2) is 8.11. The van der Waals surface area contributed by atoms with E-state index in [4.69, 9.17) is 14.2 Å². The van der Waals surface area contributed by atoms with Crippen molar-refractivity contribution in [3.05, 3.63) is 53.7 Å². The molecular weight excluding hydrogens is 444 g/mol. The minimum Gasteiger partial charge on any atom is -0.488 e. The van der Waals surface area contributed by atoms with Gasteiger partial charge >= 0.3 is 0 Å². The Balaban J connectivity index is 1.53. The van der Waals surface area contributed by atoms with Crippen LogP contribution in [-0.2, 0) is 4.79 Å². The van der Waals surface area contributed by atoms with Crippen LogP contribution in [0.2, 0.25) is 0 Å². The highest BCUT2D eigenvalue weighted by molar-refractivity contribution is 5.94. The largest absolute Gasteiger partial charge is 0.488 e. The number of nitrogens with zero attached hydrogens (tertiary/aromatic N) is 6. The van der Waals surface area contributed by atoms with E-state index in [1.807, 2.05) is 62.3 Å². The van der Waals surface area contributed by atoms with Crippen LogP contribution in [0.5, 0.6) is 5.75 Å². The van der Waals surface area contributed by atoms with Crippen molar-refractivity contribution in [2.45, 2.75) is 39.3 Å². The fourth-order valence-electron chi connectivity index (χ4n) is 5.40. The van der Waals surface area contributed by atoms with Crippen molar-refractivity contribution in [2.24, 2.45) is 0 Å². The average Bonchev–Trinajstić information content (AvgIpc) is 3.58. The van der Waals surface area contributed by atoms with Gasteiger partial charge in [-0.1, -0.05) is 11.2 Å². The van der Waals surface area contributed by atoms with Gasteiger partial charge in [-0.2, -0.15) is 0 Å². The van der Waals surface area contributed by atoms with Gasteiger partial charge in [0, 0.05) is 38.8 Å². The van der Waals surface area contributed by atoms with Gasteiger partial charge in [0.05, 0.1) is 28.5 Å². The number of ether oxygens (including phenoxy) is 1. The van der Waals surface area contributed by atoms with E-state index in [0.29, 0.717) is 6.61 Å². The van der Waals surface area contributed by atoms with E-state index < -0.39 is 0 Å². The van der Waals surface area contributed by atoms with Crippen LogP contribution >= 0.6 is 0 Å². The zero-order valence-corrected chi connectivity index (χ0v) is 20.4. The number of hydrogen-bond donors (Lipinski definition) is 0. The molecule has 0 N–H and O–H groups in total. The zero-order valence-electron chi connectivity index (χ0n) is 20.4. The third-order valence-corrected chi connectivity index (χ3v) is 7.31. The number of amides is 1. The molecule has 2 atom stereocenters. The van der Waals surface area contributed by atoms with E-state index >= 15 is 0 Å². The van der Waals surface area contributed by atoms with Crippen LogP contribution in [0.25, 0.3) is 22.2 Å². The van der Waals surface area contributed by atoms with E-state index in [1.165, 1.54) is 0 Å². The molecular formula is C26H28N6O3. The highest BCUT2D eigenvalue weighted by atomic mass is 16.5. The summed E-state index contributed by atoms with van der Waals surface area (Å²) in [7, 11) is 1.88. The molecule has 1 fully saturated rings. The van der Waals surface area contributed by atoms with Crippen LogP contribution < -0.4 is 9.64 Å². The molecule has 1 amide bonds. The molecule has 2 aliphatic rings. The van der Waals surface area contributed by atoms with Crippen molar-refractivity contribution in [3.8, 4) is 16.9 Å². The smallest absolute Gasteiger partial charge is 0.219 e. The van der Waals surface area contributed by atoms with Crippen molar-refractivity contribution in [1.29, 1.82) is 0 Å². The Labute approximate surface area is 203 Å². The molecule has 1 aromatic carbocycles. The number of benzene rings is 1. The summed E-state index contributed by atoms with van der Waals surface area (Å²) in [6.45, 7) is 7.49. The maximum atomic E-state index is 12.0. The quantitative estimate of drug-likeness (QED) is 0.447. The number of rotatable bonds is 4. The predicted molar refractivity (Wildman–Crippen MR) is 132 cm³/mol. The average molecular weight is 473 g/mol. The van der Waals surface area contributed by atoms with Gasteiger partial charge in [-0.15, -0.1) is 0 Å². The monoisotopic (exact) mass is 472 g/mol. The summed E-state index contributed by atoms with van der Waals surface area (Å²) in [5.41, 5.74) is 5.48. The Kier molecular flexibility index (Phi) is 5.01. The number of likely N-dealkylation sites (N-methyl/N-ethyl adjacent to an activating group) is 1. The molecule has 9 heteroatoms. The molecule has 6 rings (SSSR count). The minimum atomic E-state index is -0.117. The molecule has 0 aliphatic carbocycles. The summed E-state index contributed by atoms with van der Waals surface area (Å²) in [6.07, 6.45) is 2.72. The Bertz CT molecular complexity index is 1410. The van der Waals surface area contributed by atoms with Gasteiger partial charge < -0.3 is 19.1 Å². The second-order valence-electron chi connectivity index (χ2n) is 9.39. The molecule has 3 aromatic heterocycles. The maximum Gasteiger partial charge on any atom is 0.219 e. The van der Waals surface area contributed by atoms with Crippen molar-refractivity contribution >= 4 is 22.9 Å². The number of pyridine rings is 1. The molecule has 0 unspecified atom stereocenters. The van der Waals surface area contributed by atoms with Crippen LogP contribution in [0.1, 0.15) is 36.5 Å². The molecule has 5 heterocycles. The van der Waals surface area contributed by atoms with Crippen LogP contribution in [-0.4, -0.2) is 63.3 Å².